The van der Waals surface area contributed by atoms with E-state index in [-0.39, 0.29) is 36.5 Å². The second-order valence-electron chi connectivity index (χ2n) is 6.65. The molecule has 0 spiro atoms. The van der Waals surface area contributed by atoms with Crippen molar-refractivity contribution in [1.82, 2.24) is 4.90 Å². The fourth-order valence-electron chi connectivity index (χ4n) is 3.40. The SMILES string of the molecule is Cl.NCCCCCCC(=O)N(Cc1cc(F)ccc1F)C1CCCC1. The predicted molar refractivity (Wildman–Crippen MR) is 98.6 cm³/mol. The number of benzene rings is 1. The van der Waals surface area contributed by atoms with Crippen LogP contribution in [0.5, 0.6) is 0 Å². The molecule has 1 amide bonds. The highest BCUT2D eigenvalue weighted by atomic mass is 35.5. The first kappa shape index (κ1) is 21.8. The third kappa shape index (κ3) is 6.90. The zero-order valence-electron chi connectivity index (χ0n) is 14.7. The van der Waals surface area contributed by atoms with Crippen LogP contribution in [0.3, 0.4) is 0 Å². The smallest absolute Gasteiger partial charge is 0.223 e. The minimum atomic E-state index is -0.466. The van der Waals surface area contributed by atoms with Gasteiger partial charge in [-0.3, -0.25) is 4.79 Å². The molecule has 3 nitrogen and oxygen atoms in total. The van der Waals surface area contributed by atoms with Crippen molar-refractivity contribution < 1.29 is 13.6 Å². The number of halogens is 3. The van der Waals surface area contributed by atoms with Crippen molar-refractivity contribution in [3.05, 3.63) is 35.4 Å². The highest BCUT2D eigenvalue weighted by Gasteiger charge is 2.27. The van der Waals surface area contributed by atoms with E-state index in [1.165, 1.54) is 6.07 Å². The summed E-state index contributed by atoms with van der Waals surface area (Å²) in [6, 6.07) is 3.60. The molecule has 1 aliphatic rings. The van der Waals surface area contributed by atoms with E-state index in [2.05, 4.69) is 0 Å². The van der Waals surface area contributed by atoms with Gasteiger partial charge in [-0.2, -0.15) is 0 Å². The van der Waals surface area contributed by atoms with Crippen molar-refractivity contribution in [2.45, 2.75) is 70.4 Å². The summed E-state index contributed by atoms with van der Waals surface area (Å²) in [5.74, 6) is -0.861. The molecule has 0 atom stereocenters. The largest absolute Gasteiger partial charge is 0.335 e. The van der Waals surface area contributed by atoms with Crippen LogP contribution < -0.4 is 5.73 Å². The van der Waals surface area contributed by atoms with Gasteiger partial charge in [0.25, 0.3) is 0 Å². The molecule has 1 aromatic carbocycles. The van der Waals surface area contributed by atoms with Gasteiger partial charge >= 0.3 is 0 Å². The molecular formula is C19H29ClF2N2O. The topological polar surface area (TPSA) is 46.3 Å². The highest BCUT2D eigenvalue weighted by molar-refractivity contribution is 5.85. The normalized spacial score (nSPS) is 14.4. The quantitative estimate of drug-likeness (QED) is 0.644. The fraction of sp³-hybridized carbons (Fsp3) is 0.632. The maximum atomic E-state index is 14.0. The molecule has 1 saturated carbocycles. The van der Waals surface area contributed by atoms with E-state index in [0.717, 1.165) is 63.5 Å². The zero-order chi connectivity index (χ0) is 17.4. The summed E-state index contributed by atoms with van der Waals surface area (Å²) in [7, 11) is 0. The Morgan fingerprint density at radius 3 is 2.48 bits per heavy atom. The molecule has 0 radical (unpaired) electrons. The second kappa shape index (κ2) is 11.4. The van der Waals surface area contributed by atoms with Crippen molar-refractivity contribution in [1.29, 1.82) is 0 Å². The summed E-state index contributed by atoms with van der Waals surface area (Å²) in [5, 5.41) is 0. The molecule has 0 unspecified atom stereocenters. The summed E-state index contributed by atoms with van der Waals surface area (Å²) in [5.41, 5.74) is 5.73. The van der Waals surface area contributed by atoms with Crippen LogP contribution in [-0.4, -0.2) is 23.4 Å². The molecule has 0 bridgehead atoms. The van der Waals surface area contributed by atoms with Crippen LogP contribution in [0.15, 0.2) is 18.2 Å². The third-order valence-electron chi connectivity index (χ3n) is 4.78. The van der Waals surface area contributed by atoms with Gasteiger partial charge < -0.3 is 10.6 Å². The number of hydrogen-bond donors (Lipinski definition) is 1. The summed E-state index contributed by atoms with van der Waals surface area (Å²) >= 11 is 0. The number of nitrogens with zero attached hydrogens (tertiary/aromatic N) is 1. The van der Waals surface area contributed by atoms with Crippen molar-refractivity contribution in [2.75, 3.05) is 6.54 Å². The molecule has 25 heavy (non-hydrogen) atoms. The molecule has 0 heterocycles. The lowest BCUT2D eigenvalue weighted by Crippen LogP contribution is -2.38. The Hall–Kier alpha value is -1.20. The number of hydrogen-bond acceptors (Lipinski definition) is 2. The van der Waals surface area contributed by atoms with Crippen molar-refractivity contribution in [3.8, 4) is 0 Å². The Balaban J connectivity index is 0.00000312. The Kier molecular flexibility index (Phi) is 9.98. The monoisotopic (exact) mass is 374 g/mol. The van der Waals surface area contributed by atoms with E-state index in [4.69, 9.17) is 5.73 Å². The Morgan fingerprint density at radius 1 is 1.12 bits per heavy atom. The van der Waals surface area contributed by atoms with Crippen LogP contribution >= 0.6 is 12.4 Å². The molecule has 1 fully saturated rings. The molecule has 1 aromatic rings. The first-order chi connectivity index (χ1) is 11.6. The minimum Gasteiger partial charge on any atom is -0.335 e. The van der Waals surface area contributed by atoms with Gasteiger partial charge in [0.15, 0.2) is 0 Å². The Labute approximate surface area is 155 Å². The van der Waals surface area contributed by atoms with E-state index >= 15 is 0 Å². The average Bonchev–Trinajstić information content (AvgIpc) is 3.09. The van der Waals surface area contributed by atoms with Crippen LogP contribution in [0.4, 0.5) is 8.78 Å². The number of unbranched alkanes of at least 4 members (excludes halogenated alkanes) is 3. The lowest BCUT2D eigenvalue weighted by molar-refractivity contribution is -0.134. The van der Waals surface area contributed by atoms with Crippen molar-refractivity contribution >= 4 is 18.3 Å². The summed E-state index contributed by atoms with van der Waals surface area (Å²) < 4.78 is 27.4. The van der Waals surface area contributed by atoms with Crippen LogP contribution in [0.1, 0.15) is 63.4 Å². The molecule has 1 aliphatic carbocycles. The van der Waals surface area contributed by atoms with E-state index in [1.54, 1.807) is 4.90 Å². The molecule has 2 rings (SSSR count). The first-order valence-electron chi connectivity index (χ1n) is 9.05. The molecule has 6 heteroatoms. The van der Waals surface area contributed by atoms with Gasteiger partial charge in [-0.25, -0.2) is 8.78 Å². The van der Waals surface area contributed by atoms with Crippen LogP contribution in [0.25, 0.3) is 0 Å². The Morgan fingerprint density at radius 2 is 1.80 bits per heavy atom. The summed E-state index contributed by atoms with van der Waals surface area (Å²) in [6.07, 6.45) is 8.39. The fourth-order valence-corrected chi connectivity index (χ4v) is 3.40. The molecule has 0 aromatic heterocycles. The summed E-state index contributed by atoms with van der Waals surface area (Å²) in [4.78, 5) is 14.4. The molecule has 0 saturated heterocycles. The van der Waals surface area contributed by atoms with Crippen LogP contribution in [0, 0.1) is 11.6 Å². The maximum absolute atomic E-state index is 14.0. The molecular weight excluding hydrogens is 346 g/mol. The second-order valence-corrected chi connectivity index (χ2v) is 6.65. The van der Waals surface area contributed by atoms with Gasteiger partial charge in [-0.15, -0.1) is 12.4 Å². The number of rotatable bonds is 9. The molecule has 2 N–H and O–H groups in total. The van der Waals surface area contributed by atoms with Gasteiger partial charge in [-0.1, -0.05) is 25.7 Å². The average molecular weight is 375 g/mol. The van der Waals surface area contributed by atoms with E-state index < -0.39 is 11.6 Å². The number of amides is 1. The minimum absolute atomic E-state index is 0. The standard InChI is InChI=1S/C19H28F2N2O.ClH/c20-16-10-11-18(21)15(13-16)14-23(17-7-4-5-8-17)19(24)9-3-1-2-6-12-22;/h10-11,13,17H,1-9,12,14,22H2;1H. The van der Waals surface area contributed by atoms with Gasteiger partial charge in [0.2, 0.25) is 5.91 Å². The number of carbonyl (C=O) groups excluding carboxylic acids is 1. The van der Waals surface area contributed by atoms with Crippen LogP contribution in [0.2, 0.25) is 0 Å². The number of carbonyl (C=O) groups is 1. The van der Waals surface area contributed by atoms with Crippen molar-refractivity contribution in [3.63, 3.8) is 0 Å². The summed E-state index contributed by atoms with van der Waals surface area (Å²) in [6.45, 7) is 0.844. The zero-order valence-corrected chi connectivity index (χ0v) is 15.5. The van der Waals surface area contributed by atoms with E-state index in [0.29, 0.717) is 13.0 Å². The first-order valence-corrected chi connectivity index (χ1v) is 9.05. The van der Waals surface area contributed by atoms with Crippen molar-refractivity contribution in [2.24, 2.45) is 5.73 Å². The lowest BCUT2D eigenvalue weighted by atomic mass is 10.1. The van der Waals surface area contributed by atoms with Gasteiger partial charge in [0, 0.05) is 24.6 Å². The molecule has 142 valence electrons. The molecule has 0 aliphatic heterocycles. The van der Waals surface area contributed by atoms with Gasteiger partial charge in [0.1, 0.15) is 11.6 Å². The third-order valence-corrected chi connectivity index (χ3v) is 4.78. The maximum Gasteiger partial charge on any atom is 0.223 e. The van der Waals surface area contributed by atoms with E-state index in [9.17, 15) is 13.6 Å². The highest BCUT2D eigenvalue weighted by Crippen LogP contribution is 2.27. The number of nitrogens with two attached hydrogens (primary N) is 1. The lowest BCUT2D eigenvalue weighted by Gasteiger charge is -2.29. The Bertz CT molecular complexity index is 536. The van der Waals surface area contributed by atoms with E-state index in [1.807, 2.05) is 0 Å². The van der Waals surface area contributed by atoms with Crippen LogP contribution in [-0.2, 0) is 11.3 Å². The predicted octanol–water partition coefficient (Wildman–Crippen LogP) is 4.57. The van der Waals surface area contributed by atoms with Gasteiger partial charge in [-0.05, 0) is 50.4 Å². The van der Waals surface area contributed by atoms with Gasteiger partial charge in [0.05, 0.1) is 0 Å².